The minimum atomic E-state index is -0.214. The summed E-state index contributed by atoms with van der Waals surface area (Å²) in [5.41, 5.74) is 0.288. The van der Waals surface area contributed by atoms with Gasteiger partial charge in [0.25, 0.3) is 0 Å². The molecule has 1 saturated heterocycles. The lowest BCUT2D eigenvalue weighted by molar-refractivity contribution is -0.199. The van der Waals surface area contributed by atoms with Crippen LogP contribution in [-0.4, -0.2) is 24.1 Å². The highest BCUT2D eigenvalue weighted by Gasteiger charge is 2.68. The molecule has 4 fully saturated rings. The van der Waals surface area contributed by atoms with E-state index in [2.05, 4.69) is 34.6 Å². The average molecular weight is 285 g/mol. The molecular weight excluding hydrogens is 258 g/mol. The first-order valence-corrected chi connectivity index (χ1v) is 8.16. The normalized spacial score (nSPS) is 45.0. The summed E-state index contributed by atoms with van der Waals surface area (Å²) in [4.78, 5) is 0. The van der Waals surface area contributed by atoms with Crippen molar-refractivity contribution in [3.8, 4) is 0 Å². The molecule has 4 rings (SSSR count). The van der Waals surface area contributed by atoms with E-state index in [0.717, 1.165) is 18.8 Å². The van der Waals surface area contributed by atoms with Crippen LogP contribution in [0.3, 0.4) is 0 Å². The first-order chi connectivity index (χ1) is 8.75. The Balaban J connectivity index is 1.74. The Labute approximate surface area is 122 Å². The molecule has 0 spiro atoms. The summed E-state index contributed by atoms with van der Waals surface area (Å²) >= 11 is 6.49. The number of alkyl halides is 1. The van der Waals surface area contributed by atoms with Crippen molar-refractivity contribution in [2.24, 2.45) is 23.2 Å². The van der Waals surface area contributed by atoms with Gasteiger partial charge >= 0.3 is 7.12 Å². The van der Waals surface area contributed by atoms with Crippen molar-refractivity contribution >= 4 is 18.7 Å². The molecule has 3 saturated carbocycles. The second kappa shape index (κ2) is 4.38. The maximum atomic E-state index is 6.49. The lowest BCUT2D eigenvalue weighted by Gasteiger charge is -2.64. The first kappa shape index (κ1) is 14.2. The fraction of sp³-hybridized carbons (Fsp3) is 1.00. The Kier molecular flexibility index (Phi) is 3.28. The largest absolute Gasteiger partial charge is 0.476 e. The van der Waals surface area contributed by atoms with E-state index in [-0.39, 0.29) is 24.1 Å². The third-order valence-electron chi connectivity index (χ3n) is 5.96. The molecule has 0 aromatic heterocycles. The van der Waals surface area contributed by atoms with Gasteiger partial charge in [-0.05, 0) is 49.4 Å². The molecule has 2 bridgehead atoms. The average Bonchev–Trinajstić information content (AvgIpc) is 2.64. The minimum absolute atomic E-state index is 0.0252. The SMILES string of the molecule is CC(C)C[C@@H](Cl)B1O[C@@H]2CC3C[C@H](C3(C)C)[C@]2(C)O1. The van der Waals surface area contributed by atoms with Crippen molar-refractivity contribution in [3.63, 3.8) is 0 Å². The van der Waals surface area contributed by atoms with Crippen LogP contribution in [0.15, 0.2) is 0 Å². The first-order valence-electron chi connectivity index (χ1n) is 7.72. The Morgan fingerprint density at radius 2 is 1.95 bits per heavy atom. The molecule has 3 aliphatic carbocycles. The highest BCUT2D eigenvalue weighted by molar-refractivity contribution is 6.59. The van der Waals surface area contributed by atoms with Crippen molar-refractivity contribution in [1.29, 1.82) is 0 Å². The molecule has 1 heterocycles. The van der Waals surface area contributed by atoms with E-state index in [1.54, 1.807) is 0 Å². The van der Waals surface area contributed by atoms with E-state index in [4.69, 9.17) is 20.9 Å². The summed E-state index contributed by atoms with van der Waals surface area (Å²) in [5, 5.41) is -0.0252. The smallest absolute Gasteiger partial charge is 0.404 e. The zero-order valence-corrected chi connectivity index (χ0v) is 13.5. The van der Waals surface area contributed by atoms with Crippen LogP contribution in [0.2, 0.25) is 0 Å². The number of hydrogen-bond donors (Lipinski definition) is 0. The van der Waals surface area contributed by atoms with Gasteiger partial charge in [0.15, 0.2) is 0 Å². The highest BCUT2D eigenvalue weighted by atomic mass is 35.5. The van der Waals surface area contributed by atoms with Crippen molar-refractivity contribution in [2.75, 3.05) is 0 Å². The van der Waals surface area contributed by atoms with Gasteiger partial charge in [0.2, 0.25) is 0 Å². The highest BCUT2D eigenvalue weighted by Crippen LogP contribution is 2.65. The second-order valence-corrected chi connectivity index (χ2v) is 8.54. The Hall–Kier alpha value is 0.275. The van der Waals surface area contributed by atoms with Gasteiger partial charge < -0.3 is 9.31 Å². The molecule has 1 aliphatic heterocycles. The third kappa shape index (κ3) is 1.99. The summed E-state index contributed by atoms with van der Waals surface area (Å²) in [5.74, 6) is 2.00. The fourth-order valence-corrected chi connectivity index (χ4v) is 5.08. The number of halogens is 1. The van der Waals surface area contributed by atoms with Crippen molar-refractivity contribution < 1.29 is 9.31 Å². The summed E-state index contributed by atoms with van der Waals surface area (Å²) < 4.78 is 12.5. The Morgan fingerprint density at radius 1 is 1.26 bits per heavy atom. The van der Waals surface area contributed by atoms with Crippen LogP contribution in [0.5, 0.6) is 0 Å². The van der Waals surface area contributed by atoms with Gasteiger partial charge in [-0.25, -0.2) is 0 Å². The lowest BCUT2D eigenvalue weighted by atomic mass is 9.43. The van der Waals surface area contributed by atoms with Crippen LogP contribution >= 0.6 is 11.6 Å². The zero-order valence-electron chi connectivity index (χ0n) is 12.8. The molecule has 2 nitrogen and oxygen atoms in total. The Bertz CT molecular complexity index is 373. The Morgan fingerprint density at radius 3 is 2.53 bits per heavy atom. The van der Waals surface area contributed by atoms with Gasteiger partial charge in [-0.15, -0.1) is 11.6 Å². The van der Waals surface area contributed by atoms with Gasteiger partial charge in [0, 0.05) is 0 Å². The summed E-state index contributed by atoms with van der Waals surface area (Å²) in [6.07, 6.45) is 3.64. The molecule has 0 amide bonds. The summed E-state index contributed by atoms with van der Waals surface area (Å²) in [7, 11) is -0.214. The molecule has 1 unspecified atom stereocenters. The molecule has 0 aromatic carbocycles. The molecule has 4 aliphatic rings. The molecule has 4 heteroatoms. The molecule has 5 atom stereocenters. The van der Waals surface area contributed by atoms with Gasteiger partial charge in [-0.3, -0.25) is 0 Å². The maximum absolute atomic E-state index is 6.49. The van der Waals surface area contributed by atoms with Gasteiger partial charge in [-0.1, -0.05) is 27.7 Å². The van der Waals surface area contributed by atoms with Gasteiger partial charge in [0.05, 0.1) is 17.0 Å². The lowest BCUT2D eigenvalue weighted by Crippen LogP contribution is -2.65. The molecule has 0 radical (unpaired) electrons. The van der Waals surface area contributed by atoms with Crippen LogP contribution in [0.4, 0.5) is 0 Å². The minimum Gasteiger partial charge on any atom is -0.404 e. The molecule has 19 heavy (non-hydrogen) atoms. The van der Waals surface area contributed by atoms with E-state index in [1.807, 2.05) is 0 Å². The molecule has 0 aromatic rings. The van der Waals surface area contributed by atoms with E-state index in [9.17, 15) is 0 Å². The van der Waals surface area contributed by atoms with Crippen molar-refractivity contribution in [2.45, 2.75) is 70.9 Å². The van der Waals surface area contributed by atoms with E-state index in [0.29, 0.717) is 17.3 Å². The predicted molar refractivity (Wildman–Crippen MR) is 79.2 cm³/mol. The van der Waals surface area contributed by atoms with E-state index >= 15 is 0 Å². The molecule has 108 valence electrons. The standard InChI is InChI=1S/C15H26BClO2/c1-9(2)6-13(17)16-18-12-8-10-7-11(14(10,3)4)15(12,5)19-16/h9-13H,6-8H2,1-5H3/t10?,11-,12-,13-,15+/m1/s1. The van der Waals surface area contributed by atoms with Crippen molar-refractivity contribution in [3.05, 3.63) is 0 Å². The third-order valence-corrected chi connectivity index (χ3v) is 6.34. The second-order valence-electron chi connectivity index (χ2n) is 7.98. The van der Waals surface area contributed by atoms with Crippen LogP contribution in [0.25, 0.3) is 0 Å². The van der Waals surface area contributed by atoms with Crippen LogP contribution in [0, 0.1) is 23.2 Å². The molecular formula is C15H26BClO2. The predicted octanol–water partition coefficient (Wildman–Crippen LogP) is 3.91. The number of hydrogen-bond acceptors (Lipinski definition) is 2. The topological polar surface area (TPSA) is 18.5 Å². The summed E-state index contributed by atoms with van der Waals surface area (Å²) in [6.45, 7) is 11.4. The molecule has 0 N–H and O–H groups in total. The maximum Gasteiger partial charge on any atom is 0.476 e. The fourth-order valence-electron chi connectivity index (χ4n) is 4.61. The summed E-state index contributed by atoms with van der Waals surface area (Å²) in [6, 6.07) is 0. The quantitative estimate of drug-likeness (QED) is 0.578. The van der Waals surface area contributed by atoms with Crippen LogP contribution in [-0.2, 0) is 9.31 Å². The zero-order chi connectivity index (χ0) is 14.0. The van der Waals surface area contributed by atoms with E-state index in [1.165, 1.54) is 6.42 Å². The van der Waals surface area contributed by atoms with Gasteiger partial charge in [0.1, 0.15) is 0 Å². The van der Waals surface area contributed by atoms with Crippen LogP contribution < -0.4 is 0 Å². The van der Waals surface area contributed by atoms with E-state index < -0.39 is 0 Å². The monoisotopic (exact) mass is 284 g/mol. The van der Waals surface area contributed by atoms with Gasteiger partial charge in [-0.2, -0.15) is 0 Å². The van der Waals surface area contributed by atoms with Crippen LogP contribution in [0.1, 0.15) is 53.9 Å². The van der Waals surface area contributed by atoms with Crippen molar-refractivity contribution in [1.82, 2.24) is 0 Å². The number of rotatable bonds is 3.